The normalized spacial score (nSPS) is 19.1. The molecule has 1 amide bonds. The topological polar surface area (TPSA) is 80.8 Å². The number of ether oxygens (including phenoxy) is 1. The highest BCUT2D eigenvalue weighted by Gasteiger charge is 2.41. The molecule has 0 spiro atoms. The number of carbonyl (C=O) groups is 2. The molecule has 0 aromatic heterocycles. The first-order valence-corrected chi connectivity index (χ1v) is 9.40. The number of rotatable bonds is 3. The molecule has 6 nitrogen and oxygen atoms in total. The van der Waals surface area contributed by atoms with Gasteiger partial charge in [-0.15, -0.1) is 0 Å². The number of alkyl halides is 3. The summed E-state index contributed by atoms with van der Waals surface area (Å²) in [4.78, 5) is 25.0. The van der Waals surface area contributed by atoms with Gasteiger partial charge >= 0.3 is 5.97 Å². The van der Waals surface area contributed by atoms with Crippen LogP contribution in [0.3, 0.4) is 0 Å². The zero-order valence-electron chi connectivity index (χ0n) is 12.3. The van der Waals surface area contributed by atoms with E-state index in [2.05, 4.69) is 4.74 Å². The zero-order chi connectivity index (χ0) is 18.1. The third-order valence-electron chi connectivity index (χ3n) is 3.27. The fourth-order valence-electron chi connectivity index (χ4n) is 2.19. The molecule has 24 heavy (non-hydrogen) atoms. The second-order valence-corrected chi connectivity index (χ2v) is 9.15. The van der Waals surface area contributed by atoms with Gasteiger partial charge in [0, 0.05) is 11.1 Å². The van der Waals surface area contributed by atoms with Crippen molar-refractivity contribution < 1.29 is 22.7 Å². The van der Waals surface area contributed by atoms with Crippen LogP contribution in [0.5, 0.6) is 0 Å². The molecule has 0 saturated carbocycles. The van der Waals surface area contributed by atoms with E-state index in [1.807, 2.05) is 0 Å². The van der Waals surface area contributed by atoms with E-state index in [0.717, 1.165) is 10.3 Å². The van der Waals surface area contributed by atoms with Crippen molar-refractivity contribution in [1.29, 1.82) is 0 Å². The number of esters is 1. The average Bonchev–Trinajstić information content (AvgIpc) is 2.86. The molecule has 0 saturated heterocycles. The summed E-state index contributed by atoms with van der Waals surface area (Å²) >= 11 is 17.0. The summed E-state index contributed by atoms with van der Waals surface area (Å²) in [7, 11) is -2.19. The number of hydrogen-bond donors (Lipinski definition) is 0. The number of sulfone groups is 1. The highest BCUT2D eigenvalue weighted by Crippen LogP contribution is 2.33. The lowest BCUT2D eigenvalue weighted by Gasteiger charge is -2.30. The fraction of sp³-hybridized carbons (Fsp3) is 0.286. The zero-order valence-corrected chi connectivity index (χ0v) is 15.4. The first-order chi connectivity index (χ1) is 11.0. The maximum Gasteiger partial charge on any atom is 0.337 e. The van der Waals surface area contributed by atoms with Crippen LogP contribution in [0.1, 0.15) is 10.4 Å². The van der Waals surface area contributed by atoms with E-state index in [9.17, 15) is 18.0 Å². The number of halogens is 3. The highest BCUT2D eigenvalue weighted by atomic mass is 35.6. The maximum absolute atomic E-state index is 12.4. The van der Waals surface area contributed by atoms with Gasteiger partial charge in [-0.05, 0) is 30.3 Å². The molecule has 1 unspecified atom stereocenters. The third-order valence-corrected chi connectivity index (χ3v) is 5.13. The van der Waals surface area contributed by atoms with Crippen LogP contribution in [0.25, 0.3) is 0 Å². The van der Waals surface area contributed by atoms with Crippen LogP contribution in [0.4, 0.5) is 5.69 Å². The van der Waals surface area contributed by atoms with Gasteiger partial charge in [0.15, 0.2) is 9.84 Å². The van der Waals surface area contributed by atoms with E-state index in [1.54, 1.807) is 0 Å². The summed E-state index contributed by atoms with van der Waals surface area (Å²) < 4.78 is 25.6. The molecule has 1 aliphatic rings. The van der Waals surface area contributed by atoms with Crippen molar-refractivity contribution >= 4 is 62.2 Å². The van der Waals surface area contributed by atoms with Crippen molar-refractivity contribution in [3.8, 4) is 0 Å². The van der Waals surface area contributed by atoms with Crippen LogP contribution in [-0.4, -0.2) is 43.0 Å². The molecule has 1 aromatic rings. The third kappa shape index (κ3) is 4.22. The number of anilines is 1. The molecule has 2 rings (SSSR count). The lowest BCUT2D eigenvalue weighted by Crippen LogP contribution is -2.46. The Morgan fingerprint density at radius 1 is 1.21 bits per heavy atom. The van der Waals surface area contributed by atoms with Crippen molar-refractivity contribution in [2.45, 2.75) is 9.83 Å². The Morgan fingerprint density at radius 2 is 1.79 bits per heavy atom. The number of methoxy groups -OCH3 is 1. The molecule has 1 aliphatic heterocycles. The molecule has 0 N–H and O–H groups in total. The number of hydrogen-bond acceptors (Lipinski definition) is 5. The molecule has 10 heteroatoms. The largest absolute Gasteiger partial charge is 0.465 e. The van der Waals surface area contributed by atoms with Crippen LogP contribution >= 0.6 is 34.8 Å². The Hall–Kier alpha value is -1.28. The lowest BCUT2D eigenvalue weighted by atomic mass is 10.1. The summed E-state index contributed by atoms with van der Waals surface area (Å²) in [6, 6.07) is 4.92. The molecule has 1 atom stereocenters. The number of amides is 1. The van der Waals surface area contributed by atoms with Gasteiger partial charge in [0.05, 0.1) is 24.5 Å². The van der Waals surface area contributed by atoms with Gasteiger partial charge in [0.2, 0.25) is 0 Å². The Bertz CT molecular complexity index is 784. The Kier molecular flexibility index (Phi) is 5.49. The first kappa shape index (κ1) is 19.1. The van der Waals surface area contributed by atoms with E-state index in [1.165, 1.54) is 37.5 Å². The highest BCUT2D eigenvalue weighted by molar-refractivity contribution is 7.94. The SMILES string of the molecule is COC(=O)c1ccc(N(C(=O)C(Cl)(Cl)Cl)C2C=CS(=O)(=O)C2)cc1. The van der Waals surface area contributed by atoms with E-state index < -0.39 is 31.5 Å². The van der Waals surface area contributed by atoms with Gasteiger partial charge in [0.25, 0.3) is 9.70 Å². The van der Waals surface area contributed by atoms with Crippen molar-refractivity contribution in [1.82, 2.24) is 0 Å². The van der Waals surface area contributed by atoms with Crippen LogP contribution in [0.15, 0.2) is 35.7 Å². The van der Waals surface area contributed by atoms with Gasteiger partial charge in [0.1, 0.15) is 0 Å². The Labute approximate surface area is 153 Å². The Balaban J connectivity index is 2.42. The summed E-state index contributed by atoms with van der Waals surface area (Å²) in [5.74, 6) is -1.77. The lowest BCUT2D eigenvalue weighted by molar-refractivity contribution is -0.118. The van der Waals surface area contributed by atoms with E-state index in [4.69, 9.17) is 34.8 Å². The van der Waals surface area contributed by atoms with Gasteiger partial charge in [-0.25, -0.2) is 13.2 Å². The molecule has 1 heterocycles. The molecule has 130 valence electrons. The predicted octanol–water partition coefficient (Wildman–Crippen LogP) is 2.49. The quantitative estimate of drug-likeness (QED) is 0.563. The summed E-state index contributed by atoms with van der Waals surface area (Å²) in [6.07, 6.45) is 1.35. The number of benzene rings is 1. The van der Waals surface area contributed by atoms with Crippen LogP contribution < -0.4 is 4.90 Å². The Morgan fingerprint density at radius 3 is 2.21 bits per heavy atom. The van der Waals surface area contributed by atoms with E-state index in [0.29, 0.717) is 0 Å². The number of carbonyl (C=O) groups excluding carboxylic acids is 2. The van der Waals surface area contributed by atoms with Gasteiger partial charge < -0.3 is 9.64 Å². The summed E-state index contributed by atoms with van der Waals surface area (Å²) in [6.45, 7) is 0. The molecule has 1 aromatic carbocycles. The molecule has 0 fully saturated rings. The molecule has 0 radical (unpaired) electrons. The van der Waals surface area contributed by atoms with Crippen molar-refractivity contribution in [3.05, 3.63) is 41.3 Å². The molecular weight excluding hydrogens is 401 g/mol. The smallest absolute Gasteiger partial charge is 0.337 e. The van der Waals surface area contributed by atoms with Crippen LogP contribution in [-0.2, 0) is 19.4 Å². The van der Waals surface area contributed by atoms with Crippen LogP contribution in [0, 0.1) is 0 Å². The summed E-state index contributed by atoms with van der Waals surface area (Å²) in [5, 5.41) is 1.01. The maximum atomic E-state index is 12.4. The number of nitrogens with zero attached hydrogens (tertiary/aromatic N) is 1. The van der Waals surface area contributed by atoms with Gasteiger partial charge in [-0.2, -0.15) is 0 Å². The predicted molar refractivity (Wildman–Crippen MR) is 92.3 cm³/mol. The monoisotopic (exact) mass is 411 g/mol. The second kappa shape index (κ2) is 6.92. The minimum absolute atomic E-state index is 0.261. The summed E-state index contributed by atoms with van der Waals surface area (Å²) in [5.41, 5.74) is 0.544. The van der Waals surface area contributed by atoms with E-state index in [-0.39, 0.29) is 17.0 Å². The van der Waals surface area contributed by atoms with Crippen molar-refractivity contribution in [2.75, 3.05) is 17.8 Å². The van der Waals surface area contributed by atoms with Gasteiger partial charge in [-0.1, -0.05) is 34.8 Å². The average molecular weight is 413 g/mol. The molecular formula is C14H12Cl3NO5S. The van der Waals surface area contributed by atoms with Crippen LogP contribution in [0.2, 0.25) is 0 Å². The minimum Gasteiger partial charge on any atom is -0.465 e. The first-order valence-electron chi connectivity index (χ1n) is 6.55. The molecule has 0 aliphatic carbocycles. The second-order valence-electron chi connectivity index (χ2n) is 4.94. The minimum atomic E-state index is -3.43. The standard InChI is InChI=1S/C14H12Cl3NO5S/c1-23-12(19)9-2-4-10(5-3-9)18(13(20)14(15,16)17)11-6-7-24(21,22)8-11/h2-7,11H,8H2,1H3. The fourth-order valence-corrected chi connectivity index (χ4v) is 3.73. The van der Waals surface area contributed by atoms with Crippen molar-refractivity contribution in [2.24, 2.45) is 0 Å². The molecule has 0 bridgehead atoms. The van der Waals surface area contributed by atoms with E-state index >= 15 is 0 Å². The van der Waals surface area contributed by atoms with Crippen molar-refractivity contribution in [3.63, 3.8) is 0 Å². The van der Waals surface area contributed by atoms with Gasteiger partial charge in [-0.3, -0.25) is 4.79 Å².